The molecular weight excluding hydrogens is 418 g/mol. The number of fused-ring (bicyclic) bond motifs is 3. The number of anilines is 2. The monoisotopic (exact) mass is 445 g/mol. The van der Waals surface area contributed by atoms with E-state index in [-0.39, 0.29) is 29.7 Å². The molecule has 6 rings (SSSR count). The molecule has 2 aromatic heterocycles. The van der Waals surface area contributed by atoms with Crippen LogP contribution in [-0.2, 0) is 32.6 Å². The fourth-order valence-corrected chi connectivity index (χ4v) is 6.35. The Balaban J connectivity index is 1.16. The van der Waals surface area contributed by atoms with Crippen LogP contribution in [0.4, 0.5) is 11.6 Å². The molecule has 0 bridgehead atoms. The van der Waals surface area contributed by atoms with Gasteiger partial charge in [0.2, 0.25) is 17.7 Å². The third kappa shape index (κ3) is 3.14. The van der Waals surface area contributed by atoms with E-state index in [4.69, 9.17) is 0 Å². The summed E-state index contributed by atoms with van der Waals surface area (Å²) in [7, 11) is 0. The highest BCUT2D eigenvalue weighted by molar-refractivity contribution is 6.06. The van der Waals surface area contributed by atoms with Crippen molar-refractivity contribution in [3.05, 3.63) is 47.3 Å². The van der Waals surface area contributed by atoms with Crippen molar-refractivity contribution < 1.29 is 14.4 Å². The van der Waals surface area contributed by atoms with Gasteiger partial charge < -0.3 is 15.5 Å². The molecule has 33 heavy (non-hydrogen) atoms. The number of hydrogen-bond donors (Lipinski definition) is 2. The number of piperidine rings is 1. The van der Waals surface area contributed by atoms with Crippen molar-refractivity contribution in [2.45, 2.75) is 56.8 Å². The zero-order valence-electron chi connectivity index (χ0n) is 18.5. The van der Waals surface area contributed by atoms with E-state index >= 15 is 0 Å². The zero-order valence-corrected chi connectivity index (χ0v) is 18.5. The maximum atomic E-state index is 13.1. The van der Waals surface area contributed by atoms with Crippen molar-refractivity contribution >= 4 is 29.4 Å². The van der Waals surface area contributed by atoms with Gasteiger partial charge in [-0.3, -0.25) is 14.4 Å². The average molecular weight is 446 g/mol. The van der Waals surface area contributed by atoms with E-state index in [1.54, 1.807) is 17.2 Å². The Kier molecular flexibility index (Phi) is 4.54. The summed E-state index contributed by atoms with van der Waals surface area (Å²) in [6.45, 7) is 0.696. The fraction of sp³-hybridized carbons (Fsp3) is 0.480. The summed E-state index contributed by atoms with van der Waals surface area (Å²) in [6, 6.07) is 7.51. The number of amides is 3. The summed E-state index contributed by atoms with van der Waals surface area (Å²) < 4.78 is 0. The molecule has 0 radical (unpaired) electrons. The summed E-state index contributed by atoms with van der Waals surface area (Å²) in [4.78, 5) is 49.4. The Bertz CT molecular complexity index is 1170. The standard InChI is InChI=1S/C25H27N5O3/c31-20(15-30-12-4-10-24(23(30)33)8-1-2-9-24)28-19-7-6-16-13-25(14-18(16)27-19)17-5-3-11-26-21(17)29-22(25)32/h3,5-7,11H,1-2,4,8-10,12-15H2,(H,26,29,32)(H,27,28,31). The lowest BCUT2D eigenvalue weighted by molar-refractivity contribution is -0.148. The molecule has 3 amide bonds. The van der Waals surface area contributed by atoms with Crippen molar-refractivity contribution in [3.63, 3.8) is 0 Å². The van der Waals surface area contributed by atoms with Crippen LogP contribution >= 0.6 is 0 Å². The van der Waals surface area contributed by atoms with Gasteiger partial charge in [-0.05, 0) is 49.8 Å². The molecule has 0 aromatic carbocycles. The highest BCUT2D eigenvalue weighted by Crippen LogP contribution is 2.47. The van der Waals surface area contributed by atoms with Crippen LogP contribution in [0.1, 0.15) is 55.3 Å². The predicted octanol–water partition coefficient (Wildman–Crippen LogP) is 2.59. The second-order valence-electron chi connectivity index (χ2n) is 9.96. The first-order valence-electron chi connectivity index (χ1n) is 11.8. The van der Waals surface area contributed by atoms with Gasteiger partial charge in [-0.15, -0.1) is 0 Å². The third-order valence-corrected chi connectivity index (χ3v) is 8.01. The Morgan fingerprint density at radius 1 is 1.09 bits per heavy atom. The maximum absolute atomic E-state index is 13.1. The summed E-state index contributed by atoms with van der Waals surface area (Å²) in [5, 5.41) is 5.77. The minimum absolute atomic E-state index is 0.0516. The summed E-state index contributed by atoms with van der Waals surface area (Å²) >= 11 is 0. The van der Waals surface area contributed by atoms with Crippen LogP contribution in [0.2, 0.25) is 0 Å². The van der Waals surface area contributed by atoms with E-state index in [9.17, 15) is 14.4 Å². The summed E-state index contributed by atoms with van der Waals surface area (Å²) in [5.74, 6) is 0.941. The van der Waals surface area contributed by atoms with Gasteiger partial charge >= 0.3 is 0 Å². The first kappa shape index (κ1) is 20.3. The quantitative estimate of drug-likeness (QED) is 0.756. The molecule has 2 aromatic rings. The number of nitrogens with one attached hydrogen (secondary N) is 2. The van der Waals surface area contributed by atoms with Gasteiger partial charge in [-0.25, -0.2) is 9.97 Å². The van der Waals surface area contributed by atoms with Gasteiger partial charge in [0.05, 0.1) is 12.0 Å². The number of aromatic nitrogens is 2. The largest absolute Gasteiger partial charge is 0.333 e. The molecule has 2 N–H and O–H groups in total. The Morgan fingerprint density at radius 2 is 1.91 bits per heavy atom. The number of carbonyl (C=O) groups excluding carboxylic acids is 3. The number of rotatable bonds is 3. The van der Waals surface area contributed by atoms with Gasteiger partial charge in [0.25, 0.3) is 0 Å². The Morgan fingerprint density at radius 3 is 2.76 bits per heavy atom. The van der Waals surface area contributed by atoms with Crippen LogP contribution in [-0.4, -0.2) is 45.7 Å². The van der Waals surface area contributed by atoms with Crippen molar-refractivity contribution in [1.82, 2.24) is 14.9 Å². The van der Waals surface area contributed by atoms with Gasteiger partial charge in [-0.2, -0.15) is 0 Å². The third-order valence-electron chi connectivity index (χ3n) is 8.01. The molecule has 2 fully saturated rings. The molecule has 1 saturated heterocycles. The normalized spacial score (nSPS) is 24.8. The molecule has 2 spiro atoms. The van der Waals surface area contributed by atoms with E-state index < -0.39 is 5.41 Å². The van der Waals surface area contributed by atoms with Gasteiger partial charge in [0.1, 0.15) is 11.6 Å². The smallest absolute Gasteiger partial charge is 0.245 e. The number of hydrogen-bond acceptors (Lipinski definition) is 5. The van der Waals surface area contributed by atoms with E-state index in [0.717, 1.165) is 55.3 Å². The van der Waals surface area contributed by atoms with Gasteiger partial charge in [0, 0.05) is 35.8 Å². The highest BCUT2D eigenvalue weighted by Gasteiger charge is 2.51. The maximum Gasteiger partial charge on any atom is 0.245 e. The molecule has 2 aliphatic carbocycles. The highest BCUT2D eigenvalue weighted by atomic mass is 16.2. The van der Waals surface area contributed by atoms with Crippen molar-refractivity contribution in [3.8, 4) is 0 Å². The van der Waals surface area contributed by atoms with Gasteiger partial charge in [0.15, 0.2) is 0 Å². The number of likely N-dealkylation sites (tertiary alicyclic amines) is 1. The SMILES string of the molecule is O=C(CN1CCCC2(CCCC2)C1=O)Nc1ccc2c(n1)CC1(C2)C(=O)Nc2ncccc21. The van der Waals surface area contributed by atoms with Crippen LogP contribution in [0.3, 0.4) is 0 Å². The molecule has 2 aliphatic heterocycles. The lowest BCUT2D eigenvalue weighted by Crippen LogP contribution is -2.50. The molecule has 8 heteroatoms. The fourth-order valence-electron chi connectivity index (χ4n) is 6.35. The second kappa shape index (κ2) is 7.37. The molecule has 1 unspecified atom stereocenters. The number of nitrogens with zero attached hydrogens (tertiary/aromatic N) is 3. The molecule has 4 heterocycles. The van der Waals surface area contributed by atoms with E-state index in [0.29, 0.717) is 31.0 Å². The Hall–Kier alpha value is -3.29. The lowest BCUT2D eigenvalue weighted by atomic mass is 9.77. The zero-order chi connectivity index (χ0) is 22.6. The van der Waals surface area contributed by atoms with Crippen molar-refractivity contribution in [1.29, 1.82) is 0 Å². The first-order valence-corrected chi connectivity index (χ1v) is 11.8. The predicted molar refractivity (Wildman–Crippen MR) is 122 cm³/mol. The molecule has 1 atom stereocenters. The van der Waals surface area contributed by atoms with E-state index in [1.807, 2.05) is 18.2 Å². The number of carbonyl (C=O) groups is 3. The molecule has 8 nitrogen and oxygen atoms in total. The molecule has 4 aliphatic rings. The van der Waals surface area contributed by atoms with Crippen LogP contribution in [0.5, 0.6) is 0 Å². The summed E-state index contributed by atoms with van der Waals surface area (Å²) in [6.07, 6.45) is 8.72. The minimum atomic E-state index is -0.683. The lowest BCUT2D eigenvalue weighted by Gasteiger charge is -2.39. The molecule has 1 saturated carbocycles. The van der Waals surface area contributed by atoms with Crippen LogP contribution in [0.15, 0.2) is 30.5 Å². The topological polar surface area (TPSA) is 104 Å². The van der Waals surface area contributed by atoms with Gasteiger partial charge in [-0.1, -0.05) is 25.0 Å². The molecule has 170 valence electrons. The summed E-state index contributed by atoms with van der Waals surface area (Å²) in [5.41, 5.74) is 1.82. The number of pyridine rings is 2. The van der Waals surface area contributed by atoms with Crippen molar-refractivity contribution in [2.24, 2.45) is 5.41 Å². The average Bonchev–Trinajstić information content (AvgIpc) is 3.49. The van der Waals surface area contributed by atoms with Crippen LogP contribution in [0, 0.1) is 5.41 Å². The van der Waals surface area contributed by atoms with Crippen molar-refractivity contribution in [2.75, 3.05) is 23.7 Å². The minimum Gasteiger partial charge on any atom is -0.333 e. The molecular formula is C25H27N5O3. The van der Waals surface area contributed by atoms with E-state index in [1.165, 1.54) is 0 Å². The Labute approximate surface area is 192 Å². The van der Waals surface area contributed by atoms with Crippen LogP contribution < -0.4 is 10.6 Å². The first-order chi connectivity index (χ1) is 16.0. The van der Waals surface area contributed by atoms with Crippen LogP contribution in [0.25, 0.3) is 0 Å². The van der Waals surface area contributed by atoms with E-state index in [2.05, 4.69) is 20.6 Å². The second-order valence-corrected chi connectivity index (χ2v) is 9.96.